The van der Waals surface area contributed by atoms with Crippen LogP contribution >= 0.6 is 0 Å². The highest BCUT2D eigenvalue weighted by atomic mass is 16.5. The quantitative estimate of drug-likeness (QED) is 0.860. The molecule has 2 aliphatic rings. The second-order valence-corrected chi connectivity index (χ2v) is 6.43. The number of benzene rings is 1. The van der Waals surface area contributed by atoms with E-state index in [-0.39, 0.29) is 5.91 Å². The number of methoxy groups -OCH3 is 1. The molecule has 1 atom stereocenters. The highest BCUT2D eigenvalue weighted by Gasteiger charge is 2.43. The Morgan fingerprint density at radius 3 is 3.12 bits per heavy atom. The number of nitrogens with two attached hydrogens (primary N) is 1. The van der Waals surface area contributed by atoms with Crippen molar-refractivity contribution in [2.75, 3.05) is 7.11 Å². The Hall–Kier alpha value is -2.41. The molecule has 7 nitrogen and oxygen atoms in total. The number of carbonyl (C=O) groups excluding carboxylic acids is 1. The largest absolute Gasteiger partial charge is 0.496 e. The van der Waals surface area contributed by atoms with Crippen LogP contribution in [0.4, 0.5) is 0 Å². The van der Waals surface area contributed by atoms with Crippen molar-refractivity contribution < 1.29 is 9.53 Å². The minimum absolute atomic E-state index is 0.176. The molecule has 126 valence electrons. The SMILES string of the molecule is COc1cccc2c1CCC2(N)C(=O)NCc1nnc2n1CCC2. The zero-order chi connectivity index (χ0) is 16.7. The van der Waals surface area contributed by atoms with Crippen molar-refractivity contribution in [3.05, 3.63) is 41.0 Å². The number of nitrogens with one attached hydrogen (secondary N) is 1. The maximum atomic E-state index is 12.8. The van der Waals surface area contributed by atoms with E-state index in [1.165, 1.54) is 0 Å². The lowest BCUT2D eigenvalue weighted by molar-refractivity contribution is -0.126. The summed E-state index contributed by atoms with van der Waals surface area (Å²) in [4.78, 5) is 12.8. The molecule has 1 aromatic heterocycles. The van der Waals surface area contributed by atoms with Gasteiger partial charge >= 0.3 is 0 Å². The van der Waals surface area contributed by atoms with Gasteiger partial charge in [-0.25, -0.2) is 0 Å². The van der Waals surface area contributed by atoms with Crippen LogP contribution in [0.1, 0.15) is 35.6 Å². The minimum Gasteiger partial charge on any atom is -0.496 e. The predicted octanol–water partition coefficient (Wildman–Crippen LogP) is 0.649. The standard InChI is InChI=1S/C17H21N5O2/c1-24-13-5-2-4-12-11(13)7-8-17(12,18)16(23)19-10-15-21-20-14-6-3-9-22(14)15/h2,4-5H,3,6-10,18H2,1H3,(H,19,23). The summed E-state index contributed by atoms with van der Waals surface area (Å²) in [5, 5.41) is 11.3. The van der Waals surface area contributed by atoms with Crippen molar-refractivity contribution in [3.63, 3.8) is 0 Å². The van der Waals surface area contributed by atoms with E-state index in [0.717, 1.165) is 54.3 Å². The number of hydrogen-bond donors (Lipinski definition) is 2. The second kappa shape index (κ2) is 5.59. The lowest BCUT2D eigenvalue weighted by Gasteiger charge is -2.24. The highest BCUT2D eigenvalue weighted by molar-refractivity contribution is 5.89. The molecule has 1 aliphatic carbocycles. The first-order valence-corrected chi connectivity index (χ1v) is 8.28. The average molecular weight is 327 g/mol. The Morgan fingerprint density at radius 1 is 1.42 bits per heavy atom. The number of hydrogen-bond acceptors (Lipinski definition) is 5. The van der Waals surface area contributed by atoms with Crippen LogP contribution in [0.25, 0.3) is 0 Å². The van der Waals surface area contributed by atoms with Crippen molar-refractivity contribution in [1.82, 2.24) is 20.1 Å². The first-order valence-electron chi connectivity index (χ1n) is 8.28. The lowest BCUT2D eigenvalue weighted by atomic mass is 9.92. The van der Waals surface area contributed by atoms with Gasteiger partial charge in [0.15, 0.2) is 5.82 Å². The molecule has 1 unspecified atom stereocenters. The van der Waals surface area contributed by atoms with Gasteiger partial charge in [0, 0.05) is 13.0 Å². The Bertz CT molecular complexity index is 800. The zero-order valence-electron chi connectivity index (χ0n) is 13.7. The third-order valence-corrected chi connectivity index (χ3v) is 5.10. The minimum atomic E-state index is -1.02. The maximum absolute atomic E-state index is 12.8. The summed E-state index contributed by atoms with van der Waals surface area (Å²) in [7, 11) is 1.64. The van der Waals surface area contributed by atoms with Crippen molar-refractivity contribution in [2.24, 2.45) is 5.73 Å². The molecule has 0 spiro atoms. The third-order valence-electron chi connectivity index (χ3n) is 5.10. The van der Waals surface area contributed by atoms with E-state index >= 15 is 0 Å². The van der Waals surface area contributed by atoms with Gasteiger partial charge in [-0.3, -0.25) is 4.79 Å². The van der Waals surface area contributed by atoms with E-state index in [9.17, 15) is 4.79 Å². The summed E-state index contributed by atoms with van der Waals surface area (Å²) >= 11 is 0. The van der Waals surface area contributed by atoms with Crippen molar-refractivity contribution >= 4 is 5.91 Å². The Kier molecular flexibility index (Phi) is 3.53. The van der Waals surface area contributed by atoms with Crippen LogP contribution in [0.15, 0.2) is 18.2 Å². The number of aromatic nitrogens is 3. The van der Waals surface area contributed by atoms with Gasteiger partial charge in [0.1, 0.15) is 17.1 Å². The smallest absolute Gasteiger partial charge is 0.245 e. The molecule has 3 N–H and O–H groups in total. The third kappa shape index (κ3) is 2.19. The fourth-order valence-corrected chi connectivity index (χ4v) is 3.78. The number of carbonyl (C=O) groups is 1. The van der Waals surface area contributed by atoms with Crippen molar-refractivity contribution in [1.29, 1.82) is 0 Å². The van der Waals surface area contributed by atoms with Crippen LogP contribution < -0.4 is 15.8 Å². The summed E-state index contributed by atoms with van der Waals surface area (Å²) in [6.45, 7) is 1.27. The molecule has 0 radical (unpaired) electrons. The number of fused-ring (bicyclic) bond motifs is 2. The fourth-order valence-electron chi connectivity index (χ4n) is 3.78. The van der Waals surface area contributed by atoms with Gasteiger partial charge in [-0.2, -0.15) is 0 Å². The number of aryl methyl sites for hydroxylation is 1. The molecule has 2 aromatic rings. The van der Waals surface area contributed by atoms with Gasteiger partial charge in [-0.05, 0) is 36.5 Å². The Labute approximate surface area is 140 Å². The van der Waals surface area contributed by atoms with Gasteiger partial charge in [0.05, 0.1) is 13.7 Å². The Balaban J connectivity index is 1.53. The van der Waals surface area contributed by atoms with Crippen molar-refractivity contribution in [3.8, 4) is 5.75 Å². The van der Waals surface area contributed by atoms with Crippen LogP contribution in [-0.4, -0.2) is 27.8 Å². The van der Waals surface area contributed by atoms with E-state index in [1.54, 1.807) is 7.11 Å². The molecular formula is C17H21N5O2. The first-order chi connectivity index (χ1) is 11.6. The van der Waals surface area contributed by atoms with E-state index in [0.29, 0.717) is 13.0 Å². The maximum Gasteiger partial charge on any atom is 0.245 e. The van der Waals surface area contributed by atoms with Gasteiger partial charge < -0.3 is 20.4 Å². The van der Waals surface area contributed by atoms with E-state index < -0.39 is 5.54 Å². The normalized spacial score (nSPS) is 21.4. The van der Waals surface area contributed by atoms with Crippen LogP contribution in [0.5, 0.6) is 5.75 Å². The topological polar surface area (TPSA) is 95.1 Å². The molecule has 2 heterocycles. The van der Waals surface area contributed by atoms with Crippen LogP contribution in [0.3, 0.4) is 0 Å². The molecule has 1 aliphatic heterocycles. The number of nitrogens with zero attached hydrogens (tertiary/aromatic N) is 3. The van der Waals surface area contributed by atoms with E-state index in [2.05, 4.69) is 20.1 Å². The van der Waals surface area contributed by atoms with Gasteiger partial charge in [0.25, 0.3) is 0 Å². The molecular weight excluding hydrogens is 306 g/mol. The van der Waals surface area contributed by atoms with Gasteiger partial charge in [-0.15, -0.1) is 10.2 Å². The number of amides is 1. The summed E-state index contributed by atoms with van der Waals surface area (Å²) in [6.07, 6.45) is 3.35. The summed E-state index contributed by atoms with van der Waals surface area (Å²) < 4.78 is 7.47. The zero-order valence-corrected chi connectivity index (χ0v) is 13.7. The van der Waals surface area contributed by atoms with E-state index in [4.69, 9.17) is 10.5 Å². The Morgan fingerprint density at radius 2 is 2.29 bits per heavy atom. The highest BCUT2D eigenvalue weighted by Crippen LogP contribution is 2.39. The average Bonchev–Trinajstić information content (AvgIpc) is 3.28. The molecule has 7 heteroatoms. The van der Waals surface area contributed by atoms with Crippen LogP contribution in [0.2, 0.25) is 0 Å². The molecule has 0 bridgehead atoms. The summed E-state index contributed by atoms with van der Waals surface area (Å²) in [5.41, 5.74) is 7.34. The molecule has 24 heavy (non-hydrogen) atoms. The molecule has 1 aromatic carbocycles. The van der Waals surface area contributed by atoms with Crippen molar-refractivity contribution in [2.45, 2.75) is 44.3 Å². The fraction of sp³-hybridized carbons (Fsp3) is 0.471. The number of ether oxygens (including phenoxy) is 1. The van der Waals surface area contributed by atoms with Gasteiger partial charge in [0.2, 0.25) is 5.91 Å². The number of rotatable bonds is 4. The molecule has 4 rings (SSSR count). The molecule has 0 saturated heterocycles. The van der Waals surface area contributed by atoms with Crippen LogP contribution in [-0.2, 0) is 36.3 Å². The monoisotopic (exact) mass is 327 g/mol. The lowest BCUT2D eigenvalue weighted by Crippen LogP contribution is -2.49. The van der Waals surface area contributed by atoms with Crippen LogP contribution in [0, 0.1) is 0 Å². The van der Waals surface area contributed by atoms with E-state index in [1.807, 2.05) is 18.2 Å². The summed E-state index contributed by atoms with van der Waals surface area (Å²) in [6, 6.07) is 5.70. The second-order valence-electron chi connectivity index (χ2n) is 6.43. The molecule has 0 saturated carbocycles. The summed E-state index contributed by atoms with van der Waals surface area (Å²) in [5.74, 6) is 2.41. The first kappa shape index (κ1) is 15.1. The molecule has 1 amide bonds. The predicted molar refractivity (Wildman–Crippen MR) is 87.4 cm³/mol. The molecule has 0 fully saturated rings. The van der Waals surface area contributed by atoms with Gasteiger partial charge in [-0.1, -0.05) is 12.1 Å².